The van der Waals surface area contributed by atoms with E-state index < -0.39 is 0 Å². The van der Waals surface area contributed by atoms with Crippen molar-refractivity contribution in [2.75, 3.05) is 24.6 Å². The molecule has 3 rings (SSSR count). The fourth-order valence-electron chi connectivity index (χ4n) is 3.33. The summed E-state index contributed by atoms with van der Waals surface area (Å²) in [5.41, 5.74) is 1.70. The molecule has 0 N–H and O–H groups in total. The van der Waals surface area contributed by atoms with Crippen LogP contribution in [0.4, 0.5) is 10.1 Å². The van der Waals surface area contributed by atoms with E-state index in [2.05, 4.69) is 0 Å². The molecule has 27 heavy (non-hydrogen) atoms. The summed E-state index contributed by atoms with van der Waals surface area (Å²) in [4.78, 5) is 13.2. The molecule has 0 bridgehead atoms. The molecular weight excluding hydrogens is 345 g/mol. The van der Waals surface area contributed by atoms with Crippen molar-refractivity contribution >= 4 is 11.5 Å². The van der Waals surface area contributed by atoms with Gasteiger partial charge in [-0.25, -0.2) is 4.39 Å². The van der Waals surface area contributed by atoms with Crippen molar-refractivity contribution in [2.24, 2.45) is 0 Å². The summed E-state index contributed by atoms with van der Waals surface area (Å²) in [6, 6.07) is 12.8. The summed E-state index contributed by atoms with van der Waals surface area (Å²) < 4.78 is 25.5. The van der Waals surface area contributed by atoms with Gasteiger partial charge in [-0.15, -0.1) is 0 Å². The molecule has 1 saturated heterocycles. The third kappa shape index (κ3) is 4.79. The van der Waals surface area contributed by atoms with E-state index in [0.717, 1.165) is 11.3 Å². The Morgan fingerprint density at radius 3 is 2.44 bits per heavy atom. The van der Waals surface area contributed by atoms with Gasteiger partial charge >= 0.3 is 0 Å². The minimum absolute atomic E-state index is 0.0384. The topological polar surface area (TPSA) is 38.8 Å². The van der Waals surface area contributed by atoms with Crippen LogP contribution in [-0.4, -0.2) is 31.6 Å². The molecule has 0 unspecified atom stereocenters. The lowest BCUT2D eigenvalue weighted by Crippen LogP contribution is -2.54. The van der Waals surface area contributed by atoms with Gasteiger partial charge in [-0.2, -0.15) is 0 Å². The van der Waals surface area contributed by atoms with Gasteiger partial charge in [-0.3, -0.25) is 0 Å². The zero-order valence-corrected chi connectivity index (χ0v) is 16.1. The highest BCUT2D eigenvalue weighted by atomic mass is 19.1. The Balaban J connectivity index is 1.52. The number of ether oxygens (including phenoxy) is 2. The molecule has 0 saturated carbocycles. The first kappa shape index (κ1) is 19.2. The van der Waals surface area contributed by atoms with Gasteiger partial charge in [0.25, 0.3) is 0 Å². The third-order valence-electron chi connectivity index (χ3n) is 4.76. The van der Waals surface area contributed by atoms with Crippen molar-refractivity contribution in [1.29, 1.82) is 0 Å². The van der Waals surface area contributed by atoms with E-state index in [1.807, 2.05) is 43.0 Å². The Hall–Kier alpha value is -2.56. The molecule has 1 heterocycles. The van der Waals surface area contributed by atoms with Crippen LogP contribution in [0.3, 0.4) is 0 Å². The Labute approximate surface area is 159 Å². The predicted octanol–water partition coefficient (Wildman–Crippen LogP) is 4.57. The van der Waals surface area contributed by atoms with Crippen LogP contribution < -0.4 is 14.4 Å². The van der Waals surface area contributed by atoms with Gasteiger partial charge in [0.15, 0.2) is 0 Å². The molecule has 1 aliphatic heterocycles. The van der Waals surface area contributed by atoms with Gasteiger partial charge in [0, 0.05) is 12.5 Å². The number of carbonyl (C=O) groups excluding carboxylic acids is 1. The SMILES string of the molecule is CCOc1ccc(N2CC(Oc3ccc([C@H](C)CC(C)=O)cc3)C2)c(F)c1. The summed E-state index contributed by atoms with van der Waals surface area (Å²) in [7, 11) is 0. The first-order chi connectivity index (χ1) is 13.0. The second kappa shape index (κ2) is 8.42. The molecule has 4 nitrogen and oxygen atoms in total. The fourth-order valence-corrected chi connectivity index (χ4v) is 3.33. The summed E-state index contributed by atoms with van der Waals surface area (Å²) in [6.07, 6.45) is 0.585. The van der Waals surface area contributed by atoms with Crippen molar-refractivity contribution in [3.63, 3.8) is 0 Å². The average Bonchev–Trinajstić information content (AvgIpc) is 2.59. The molecule has 1 atom stereocenters. The molecule has 5 heteroatoms. The quantitative estimate of drug-likeness (QED) is 0.681. The minimum Gasteiger partial charge on any atom is -0.494 e. The van der Waals surface area contributed by atoms with Crippen LogP contribution in [0.15, 0.2) is 42.5 Å². The molecule has 144 valence electrons. The minimum atomic E-state index is -0.275. The maximum atomic E-state index is 14.2. The number of rotatable bonds is 8. The number of hydrogen-bond donors (Lipinski definition) is 0. The Morgan fingerprint density at radius 2 is 1.85 bits per heavy atom. The van der Waals surface area contributed by atoms with Crippen molar-refractivity contribution in [1.82, 2.24) is 0 Å². The number of ketones is 1. The standard InChI is InChI=1S/C22H26FNO3/c1-4-26-19-9-10-22(21(23)12-19)24-13-20(14-24)27-18-7-5-17(6-8-18)15(2)11-16(3)25/h5-10,12,15,20H,4,11,13-14H2,1-3H3/t15-/m1/s1. The van der Waals surface area contributed by atoms with Crippen LogP contribution in [-0.2, 0) is 4.79 Å². The highest BCUT2D eigenvalue weighted by molar-refractivity contribution is 5.76. The van der Waals surface area contributed by atoms with E-state index in [-0.39, 0.29) is 23.6 Å². The fraction of sp³-hybridized carbons (Fsp3) is 0.409. The summed E-state index contributed by atoms with van der Waals surface area (Å²) in [5, 5.41) is 0. The first-order valence-electron chi connectivity index (χ1n) is 9.39. The molecule has 1 fully saturated rings. The zero-order valence-electron chi connectivity index (χ0n) is 16.1. The predicted molar refractivity (Wildman–Crippen MR) is 104 cm³/mol. The van der Waals surface area contributed by atoms with Gasteiger partial charge in [0.2, 0.25) is 0 Å². The maximum Gasteiger partial charge on any atom is 0.150 e. The van der Waals surface area contributed by atoms with E-state index in [1.165, 1.54) is 6.07 Å². The molecule has 1 aliphatic rings. The Kier molecular flexibility index (Phi) is 5.99. The van der Waals surface area contributed by atoms with Gasteiger partial charge in [-0.1, -0.05) is 19.1 Å². The molecule has 0 spiro atoms. The highest BCUT2D eigenvalue weighted by Gasteiger charge is 2.30. The van der Waals surface area contributed by atoms with Gasteiger partial charge in [0.05, 0.1) is 25.4 Å². The Morgan fingerprint density at radius 1 is 1.19 bits per heavy atom. The van der Waals surface area contributed by atoms with Crippen LogP contribution in [0, 0.1) is 5.82 Å². The zero-order chi connectivity index (χ0) is 19.4. The second-order valence-electron chi connectivity index (χ2n) is 7.07. The number of hydrogen-bond acceptors (Lipinski definition) is 4. The lowest BCUT2D eigenvalue weighted by Gasteiger charge is -2.40. The normalized spacial score (nSPS) is 15.2. The molecule has 0 amide bonds. The molecular formula is C22H26FNO3. The van der Waals surface area contributed by atoms with Crippen LogP contribution in [0.5, 0.6) is 11.5 Å². The van der Waals surface area contributed by atoms with Gasteiger partial charge in [0.1, 0.15) is 29.2 Å². The number of nitrogens with zero attached hydrogens (tertiary/aromatic N) is 1. The van der Waals surface area contributed by atoms with E-state index in [1.54, 1.807) is 19.1 Å². The monoisotopic (exact) mass is 371 g/mol. The number of anilines is 1. The van der Waals surface area contributed by atoms with Crippen LogP contribution in [0.25, 0.3) is 0 Å². The highest BCUT2D eigenvalue weighted by Crippen LogP contribution is 2.30. The molecule has 0 aliphatic carbocycles. The van der Waals surface area contributed by atoms with E-state index >= 15 is 0 Å². The summed E-state index contributed by atoms with van der Waals surface area (Å²) >= 11 is 0. The number of benzene rings is 2. The number of halogens is 1. The van der Waals surface area contributed by atoms with Crippen molar-refractivity contribution in [2.45, 2.75) is 39.2 Å². The van der Waals surface area contributed by atoms with Crippen molar-refractivity contribution in [3.05, 3.63) is 53.8 Å². The maximum absolute atomic E-state index is 14.2. The third-order valence-corrected chi connectivity index (χ3v) is 4.76. The molecule has 0 aromatic heterocycles. The molecule has 2 aromatic carbocycles. The second-order valence-corrected chi connectivity index (χ2v) is 7.07. The van der Waals surface area contributed by atoms with Crippen molar-refractivity contribution < 1.29 is 18.7 Å². The summed E-state index contributed by atoms with van der Waals surface area (Å²) in [5.74, 6) is 1.47. The summed E-state index contributed by atoms with van der Waals surface area (Å²) in [6.45, 7) is 7.35. The van der Waals surface area contributed by atoms with E-state index in [0.29, 0.717) is 37.6 Å². The molecule has 0 radical (unpaired) electrons. The lowest BCUT2D eigenvalue weighted by molar-refractivity contribution is -0.117. The first-order valence-corrected chi connectivity index (χ1v) is 9.39. The number of carbonyl (C=O) groups is 1. The molecule has 2 aromatic rings. The van der Waals surface area contributed by atoms with Crippen LogP contribution in [0.1, 0.15) is 38.7 Å². The lowest BCUT2D eigenvalue weighted by atomic mass is 9.96. The van der Waals surface area contributed by atoms with Crippen LogP contribution >= 0.6 is 0 Å². The Bertz CT molecular complexity index is 785. The van der Waals surface area contributed by atoms with E-state index in [9.17, 15) is 9.18 Å². The van der Waals surface area contributed by atoms with Gasteiger partial charge in [-0.05, 0) is 49.6 Å². The van der Waals surface area contributed by atoms with Crippen LogP contribution in [0.2, 0.25) is 0 Å². The largest absolute Gasteiger partial charge is 0.494 e. The smallest absolute Gasteiger partial charge is 0.150 e. The average molecular weight is 371 g/mol. The number of Topliss-reactive ketones (excluding diaryl/α,β-unsaturated/α-hetero) is 1. The van der Waals surface area contributed by atoms with Crippen molar-refractivity contribution in [3.8, 4) is 11.5 Å². The van der Waals surface area contributed by atoms with E-state index in [4.69, 9.17) is 9.47 Å². The van der Waals surface area contributed by atoms with Gasteiger partial charge < -0.3 is 19.2 Å².